The van der Waals surface area contributed by atoms with Crippen LogP contribution in [0.1, 0.15) is 28.5 Å². The Kier molecular flexibility index (Phi) is 6.97. The van der Waals surface area contributed by atoms with Gasteiger partial charge in [0.25, 0.3) is 11.8 Å². The number of aromatic nitrogens is 2. The lowest BCUT2D eigenvalue weighted by atomic mass is 10.2. The van der Waals surface area contributed by atoms with Crippen molar-refractivity contribution in [2.75, 3.05) is 19.0 Å². The van der Waals surface area contributed by atoms with E-state index in [-0.39, 0.29) is 35.5 Å². The Labute approximate surface area is 164 Å². The Bertz CT molecular complexity index is 903. The Morgan fingerprint density at radius 2 is 1.93 bits per heavy atom. The number of nitrogens with one attached hydrogen (secondary N) is 2. The Balaban J connectivity index is 2.06. The summed E-state index contributed by atoms with van der Waals surface area (Å²) in [5.74, 6) is -0.797. The highest BCUT2D eigenvalue weighted by molar-refractivity contribution is 5.96. The monoisotopic (exact) mass is 412 g/mol. The minimum Gasteiger partial charge on any atom is -0.491 e. The molecule has 0 aliphatic carbocycles. The number of hydrogen-bond acceptors (Lipinski definition) is 6. The summed E-state index contributed by atoms with van der Waals surface area (Å²) in [6.07, 6.45) is -3.23. The van der Waals surface area contributed by atoms with E-state index in [4.69, 9.17) is 4.74 Å². The van der Waals surface area contributed by atoms with Crippen molar-refractivity contribution in [3.8, 4) is 11.6 Å². The van der Waals surface area contributed by atoms with Crippen LogP contribution in [0.4, 0.5) is 19.0 Å². The summed E-state index contributed by atoms with van der Waals surface area (Å²) in [6.45, 7) is 1.55. The van der Waals surface area contributed by atoms with Crippen molar-refractivity contribution in [2.24, 2.45) is 0 Å². The van der Waals surface area contributed by atoms with Gasteiger partial charge in [-0.3, -0.25) is 9.59 Å². The molecule has 0 aromatic carbocycles. The van der Waals surface area contributed by atoms with Crippen LogP contribution >= 0.6 is 0 Å². The highest BCUT2D eigenvalue weighted by Crippen LogP contribution is 2.27. The second-order valence-corrected chi connectivity index (χ2v) is 6.00. The van der Waals surface area contributed by atoms with E-state index in [9.17, 15) is 22.8 Å². The molecule has 0 atom stereocenters. The maximum absolute atomic E-state index is 12.4. The molecule has 0 saturated carbocycles. The third kappa shape index (κ3) is 6.94. The summed E-state index contributed by atoms with van der Waals surface area (Å²) in [7, 11) is 1.27. The average molecular weight is 412 g/mol. The summed E-state index contributed by atoms with van der Waals surface area (Å²) in [5, 5.41) is 5.16. The quantitative estimate of drug-likeness (QED) is 0.725. The number of amides is 2. The highest BCUT2D eigenvalue weighted by Gasteiger charge is 2.29. The lowest BCUT2D eigenvalue weighted by Gasteiger charge is -2.13. The normalized spacial score (nSPS) is 11.0. The first-order valence-corrected chi connectivity index (χ1v) is 8.34. The van der Waals surface area contributed by atoms with Crippen molar-refractivity contribution in [1.29, 1.82) is 0 Å². The van der Waals surface area contributed by atoms with Gasteiger partial charge < -0.3 is 20.1 Å². The van der Waals surface area contributed by atoms with Crippen molar-refractivity contribution in [1.82, 2.24) is 15.3 Å². The number of halogens is 3. The molecule has 29 heavy (non-hydrogen) atoms. The molecule has 2 heterocycles. The van der Waals surface area contributed by atoms with Crippen LogP contribution < -0.4 is 20.1 Å². The van der Waals surface area contributed by atoms with Crippen LogP contribution in [0.2, 0.25) is 0 Å². The number of ether oxygens (including phenoxy) is 2. The van der Waals surface area contributed by atoms with E-state index in [0.717, 1.165) is 0 Å². The van der Waals surface area contributed by atoms with E-state index < -0.39 is 18.7 Å². The Hall–Kier alpha value is -3.37. The minimum atomic E-state index is -4.50. The predicted octanol–water partition coefficient (Wildman–Crippen LogP) is 2.62. The first-order chi connectivity index (χ1) is 13.6. The van der Waals surface area contributed by atoms with Gasteiger partial charge in [-0.25, -0.2) is 9.97 Å². The van der Waals surface area contributed by atoms with Crippen molar-refractivity contribution in [2.45, 2.75) is 26.6 Å². The van der Waals surface area contributed by atoms with Crippen LogP contribution in [0.25, 0.3) is 0 Å². The van der Waals surface area contributed by atoms with Crippen LogP contribution in [0, 0.1) is 6.92 Å². The number of nitrogens with zero attached hydrogens (tertiary/aromatic N) is 2. The summed E-state index contributed by atoms with van der Waals surface area (Å²) in [6, 6.07) is 4.39. The standard InChI is InChI=1S/C18H19F3N4O4/c1-10-4-13(6-15(24-10)25-11(2)26)16(27)22-7-12-5-14(28-3)17(23-8-12)29-9-18(19,20)21/h4-6,8H,7,9H2,1-3H3,(H,22,27)(H,24,25,26). The molecule has 0 spiro atoms. The number of carbonyl (C=O) groups excluding carboxylic acids is 2. The number of carbonyl (C=O) groups is 2. The van der Waals surface area contributed by atoms with Gasteiger partial charge in [0.1, 0.15) is 5.82 Å². The lowest BCUT2D eigenvalue weighted by molar-refractivity contribution is -0.154. The van der Waals surface area contributed by atoms with Gasteiger partial charge in [-0.2, -0.15) is 13.2 Å². The Morgan fingerprint density at radius 3 is 2.55 bits per heavy atom. The summed E-state index contributed by atoms with van der Waals surface area (Å²) >= 11 is 0. The number of hydrogen-bond donors (Lipinski definition) is 2. The van der Waals surface area contributed by atoms with Crippen molar-refractivity contribution >= 4 is 17.6 Å². The highest BCUT2D eigenvalue weighted by atomic mass is 19.4. The topological polar surface area (TPSA) is 102 Å². The van der Waals surface area contributed by atoms with Crippen LogP contribution in [0.3, 0.4) is 0 Å². The van der Waals surface area contributed by atoms with Crippen LogP contribution in [0.15, 0.2) is 24.4 Å². The van der Waals surface area contributed by atoms with Gasteiger partial charge in [0.2, 0.25) is 5.91 Å². The molecule has 2 aromatic rings. The van der Waals surface area contributed by atoms with E-state index in [0.29, 0.717) is 11.3 Å². The maximum Gasteiger partial charge on any atom is 0.422 e. The van der Waals surface area contributed by atoms with Crippen molar-refractivity contribution < 1.29 is 32.2 Å². The van der Waals surface area contributed by atoms with Crippen LogP contribution in [0.5, 0.6) is 11.6 Å². The fourth-order valence-corrected chi connectivity index (χ4v) is 2.30. The van der Waals surface area contributed by atoms with Gasteiger partial charge in [-0.1, -0.05) is 0 Å². The van der Waals surface area contributed by atoms with Gasteiger partial charge >= 0.3 is 6.18 Å². The molecule has 0 aliphatic heterocycles. The largest absolute Gasteiger partial charge is 0.491 e. The third-order valence-corrected chi connectivity index (χ3v) is 3.44. The molecule has 0 unspecified atom stereocenters. The first kappa shape index (κ1) is 21.9. The first-order valence-electron chi connectivity index (χ1n) is 8.34. The summed E-state index contributed by atoms with van der Waals surface area (Å²) in [4.78, 5) is 31.5. The zero-order valence-corrected chi connectivity index (χ0v) is 15.9. The molecule has 156 valence electrons. The second-order valence-electron chi connectivity index (χ2n) is 6.00. The number of aryl methyl sites for hydroxylation is 1. The van der Waals surface area contributed by atoms with E-state index in [1.807, 2.05) is 0 Å². The zero-order chi connectivity index (χ0) is 21.6. The molecule has 8 nitrogen and oxygen atoms in total. The number of alkyl halides is 3. The second kappa shape index (κ2) is 9.22. The molecular formula is C18H19F3N4O4. The van der Waals surface area contributed by atoms with E-state index in [1.165, 1.54) is 32.4 Å². The number of pyridine rings is 2. The van der Waals surface area contributed by atoms with Crippen LogP contribution in [-0.4, -0.2) is 41.7 Å². The fraction of sp³-hybridized carbons (Fsp3) is 0.333. The molecule has 0 radical (unpaired) electrons. The molecule has 2 N–H and O–H groups in total. The number of rotatable bonds is 7. The SMILES string of the molecule is COc1cc(CNC(=O)c2cc(C)nc(NC(C)=O)c2)cnc1OCC(F)(F)F. The number of methoxy groups -OCH3 is 1. The summed E-state index contributed by atoms with van der Waals surface area (Å²) < 4.78 is 46.5. The molecule has 0 bridgehead atoms. The fourth-order valence-electron chi connectivity index (χ4n) is 2.30. The molecule has 11 heteroatoms. The molecule has 2 aromatic heterocycles. The van der Waals surface area contributed by atoms with Crippen LogP contribution in [-0.2, 0) is 11.3 Å². The molecule has 0 saturated heterocycles. The molecular weight excluding hydrogens is 393 g/mol. The number of anilines is 1. The molecule has 0 fully saturated rings. The third-order valence-electron chi connectivity index (χ3n) is 3.44. The molecule has 2 rings (SSSR count). The molecule has 2 amide bonds. The van der Waals surface area contributed by atoms with E-state index in [1.54, 1.807) is 13.0 Å². The van der Waals surface area contributed by atoms with Crippen molar-refractivity contribution in [3.63, 3.8) is 0 Å². The Morgan fingerprint density at radius 1 is 1.21 bits per heavy atom. The predicted molar refractivity (Wildman–Crippen MR) is 96.8 cm³/mol. The van der Waals surface area contributed by atoms with Gasteiger partial charge in [0.05, 0.1) is 7.11 Å². The van der Waals surface area contributed by atoms with Crippen molar-refractivity contribution in [3.05, 3.63) is 41.2 Å². The molecule has 0 aliphatic rings. The van der Waals surface area contributed by atoms with Gasteiger partial charge in [-0.15, -0.1) is 0 Å². The summed E-state index contributed by atoms with van der Waals surface area (Å²) in [5.41, 5.74) is 1.31. The van der Waals surface area contributed by atoms with E-state index >= 15 is 0 Å². The van der Waals surface area contributed by atoms with Gasteiger partial charge in [0.15, 0.2) is 12.4 Å². The maximum atomic E-state index is 12.4. The smallest absolute Gasteiger partial charge is 0.422 e. The van der Waals surface area contributed by atoms with Gasteiger partial charge in [-0.05, 0) is 30.7 Å². The minimum absolute atomic E-state index is 0.00805. The van der Waals surface area contributed by atoms with Gasteiger partial charge in [0, 0.05) is 30.9 Å². The lowest BCUT2D eigenvalue weighted by Crippen LogP contribution is -2.23. The average Bonchev–Trinajstić information content (AvgIpc) is 2.62. The zero-order valence-electron chi connectivity index (χ0n) is 15.9. The van der Waals surface area contributed by atoms with E-state index in [2.05, 4.69) is 25.3 Å².